The first-order valence-corrected chi connectivity index (χ1v) is 8.26. The van der Waals surface area contributed by atoms with E-state index in [0.29, 0.717) is 23.8 Å². The highest BCUT2D eigenvalue weighted by Crippen LogP contribution is 2.46. The summed E-state index contributed by atoms with van der Waals surface area (Å²) in [6.07, 6.45) is 4.92. The van der Waals surface area contributed by atoms with Crippen LogP contribution in [0.15, 0.2) is 12.7 Å². The van der Waals surface area contributed by atoms with Gasteiger partial charge in [-0.1, -0.05) is 0 Å². The van der Waals surface area contributed by atoms with Crippen LogP contribution in [0.3, 0.4) is 0 Å². The Morgan fingerprint density at radius 1 is 1.29 bits per heavy atom. The molecule has 8 heteroatoms. The standard InChI is InChI=1S/C16H22N6O2/c1-16(2,3)24-15(23)21-6-9-4-10(21)5-11(9)22-8-20-12-13(17)18-7-19-14(12)22/h7-11H,4-6H2,1-3H3,(H2,17,18,19)/t9-,10-,11+/m1/s1. The van der Waals surface area contributed by atoms with Crippen molar-refractivity contribution in [2.45, 2.75) is 51.3 Å². The first kappa shape index (κ1) is 15.2. The van der Waals surface area contributed by atoms with E-state index in [2.05, 4.69) is 19.5 Å². The predicted molar refractivity (Wildman–Crippen MR) is 88.2 cm³/mol. The molecular weight excluding hydrogens is 308 g/mol. The van der Waals surface area contributed by atoms with Crippen LogP contribution in [0.2, 0.25) is 0 Å². The molecule has 0 spiro atoms. The average molecular weight is 330 g/mol. The van der Waals surface area contributed by atoms with Crippen LogP contribution >= 0.6 is 0 Å². The molecule has 2 aromatic heterocycles. The summed E-state index contributed by atoms with van der Waals surface area (Å²) in [6.45, 7) is 6.39. The van der Waals surface area contributed by atoms with Gasteiger partial charge in [0.1, 0.15) is 17.4 Å². The van der Waals surface area contributed by atoms with E-state index in [1.54, 1.807) is 6.33 Å². The molecule has 2 bridgehead atoms. The van der Waals surface area contributed by atoms with E-state index in [1.807, 2.05) is 25.7 Å². The lowest BCUT2D eigenvalue weighted by Crippen LogP contribution is -2.43. The fourth-order valence-corrected chi connectivity index (χ4v) is 3.92. The van der Waals surface area contributed by atoms with Crippen LogP contribution in [-0.4, -0.2) is 48.7 Å². The first-order chi connectivity index (χ1) is 11.3. The van der Waals surface area contributed by atoms with Crippen LogP contribution in [0, 0.1) is 5.92 Å². The quantitative estimate of drug-likeness (QED) is 0.858. The molecule has 3 atom stereocenters. The number of hydrogen-bond acceptors (Lipinski definition) is 6. The van der Waals surface area contributed by atoms with Gasteiger partial charge in [0.15, 0.2) is 11.5 Å². The number of anilines is 1. The molecule has 1 saturated carbocycles. The van der Waals surface area contributed by atoms with Crippen LogP contribution in [0.25, 0.3) is 11.2 Å². The molecule has 4 rings (SSSR count). The van der Waals surface area contributed by atoms with E-state index in [9.17, 15) is 4.79 Å². The van der Waals surface area contributed by atoms with Crippen molar-refractivity contribution in [3.05, 3.63) is 12.7 Å². The summed E-state index contributed by atoms with van der Waals surface area (Å²) in [6, 6.07) is 0.500. The van der Waals surface area contributed by atoms with Gasteiger partial charge in [-0.15, -0.1) is 0 Å². The maximum absolute atomic E-state index is 12.3. The van der Waals surface area contributed by atoms with Crippen molar-refractivity contribution in [2.24, 2.45) is 5.92 Å². The second kappa shape index (κ2) is 5.06. The summed E-state index contributed by atoms with van der Waals surface area (Å²) in [5, 5.41) is 0. The fraction of sp³-hybridized carbons (Fsp3) is 0.625. The summed E-state index contributed by atoms with van der Waals surface area (Å²) in [4.78, 5) is 26.9. The molecule has 0 aromatic carbocycles. The molecule has 2 aliphatic rings. The minimum absolute atomic E-state index is 0.212. The number of nitrogens with zero attached hydrogens (tertiary/aromatic N) is 5. The highest BCUT2D eigenvalue weighted by Gasteiger charge is 2.48. The van der Waals surface area contributed by atoms with Gasteiger partial charge in [0.2, 0.25) is 0 Å². The highest BCUT2D eigenvalue weighted by atomic mass is 16.6. The van der Waals surface area contributed by atoms with E-state index in [4.69, 9.17) is 10.5 Å². The summed E-state index contributed by atoms with van der Waals surface area (Å²) in [5.74, 6) is 0.786. The Morgan fingerprint density at radius 3 is 2.75 bits per heavy atom. The Hall–Kier alpha value is -2.38. The van der Waals surface area contributed by atoms with Crippen LogP contribution in [0.1, 0.15) is 39.7 Å². The number of carbonyl (C=O) groups is 1. The molecule has 1 saturated heterocycles. The Balaban J connectivity index is 1.54. The lowest BCUT2D eigenvalue weighted by molar-refractivity contribution is 0.0167. The van der Waals surface area contributed by atoms with Crippen LogP contribution in [0.4, 0.5) is 10.6 Å². The van der Waals surface area contributed by atoms with Gasteiger partial charge in [0.05, 0.1) is 6.33 Å². The Morgan fingerprint density at radius 2 is 2.08 bits per heavy atom. The van der Waals surface area contributed by atoms with Gasteiger partial charge in [-0.2, -0.15) is 0 Å². The van der Waals surface area contributed by atoms with Gasteiger partial charge in [-0.25, -0.2) is 19.7 Å². The van der Waals surface area contributed by atoms with Gasteiger partial charge in [0.25, 0.3) is 0 Å². The monoisotopic (exact) mass is 330 g/mol. The lowest BCUT2D eigenvalue weighted by Gasteiger charge is -2.33. The Bertz CT molecular complexity index is 795. The normalized spacial score (nSPS) is 26.3. The van der Waals surface area contributed by atoms with Gasteiger partial charge < -0.3 is 19.9 Å². The van der Waals surface area contributed by atoms with Crippen LogP contribution in [0.5, 0.6) is 0 Å². The number of nitrogen functional groups attached to an aromatic ring is 1. The number of nitrogens with two attached hydrogens (primary N) is 1. The number of piperidine rings is 1. The molecule has 3 heterocycles. The fourth-order valence-electron chi connectivity index (χ4n) is 3.92. The summed E-state index contributed by atoms with van der Waals surface area (Å²) in [5.41, 5.74) is 6.81. The SMILES string of the molecule is CC(C)(C)OC(=O)N1C[C@H]2C[C@@H]1C[C@@H]2n1cnc2c(N)ncnc21. The number of rotatable bonds is 1. The third-order valence-corrected chi connectivity index (χ3v) is 4.88. The molecule has 2 aromatic rings. The van der Waals surface area contributed by atoms with E-state index in [1.165, 1.54) is 6.33 Å². The zero-order chi connectivity index (χ0) is 17.1. The minimum Gasteiger partial charge on any atom is -0.444 e. The van der Waals surface area contributed by atoms with Gasteiger partial charge in [0, 0.05) is 18.6 Å². The van der Waals surface area contributed by atoms with Crippen LogP contribution < -0.4 is 5.73 Å². The van der Waals surface area contributed by atoms with Gasteiger partial charge in [-0.05, 0) is 39.5 Å². The molecule has 128 valence electrons. The third-order valence-electron chi connectivity index (χ3n) is 4.88. The third kappa shape index (κ3) is 2.37. The highest BCUT2D eigenvalue weighted by molar-refractivity contribution is 5.81. The average Bonchev–Trinajstić information content (AvgIpc) is 3.18. The van der Waals surface area contributed by atoms with Crippen molar-refractivity contribution in [3.8, 4) is 0 Å². The maximum Gasteiger partial charge on any atom is 0.410 e. The number of imidazole rings is 1. The molecular formula is C16H22N6O2. The van der Waals surface area contributed by atoms with Crippen molar-refractivity contribution in [1.82, 2.24) is 24.4 Å². The van der Waals surface area contributed by atoms with Crippen LogP contribution in [-0.2, 0) is 4.74 Å². The maximum atomic E-state index is 12.3. The second-order valence-corrected chi connectivity index (χ2v) is 7.67. The molecule has 2 N–H and O–H groups in total. The summed E-state index contributed by atoms with van der Waals surface area (Å²) < 4.78 is 7.60. The summed E-state index contributed by atoms with van der Waals surface area (Å²) >= 11 is 0. The topological polar surface area (TPSA) is 99.2 Å². The number of aromatic nitrogens is 4. The molecule has 0 unspecified atom stereocenters. The summed E-state index contributed by atoms with van der Waals surface area (Å²) in [7, 11) is 0. The Kier molecular flexibility index (Phi) is 3.20. The molecule has 1 aliphatic heterocycles. The number of amides is 1. The van der Waals surface area contributed by atoms with Gasteiger partial charge in [-0.3, -0.25) is 0 Å². The lowest BCUT2D eigenvalue weighted by atomic mass is 10.0. The van der Waals surface area contributed by atoms with Crippen molar-refractivity contribution >= 4 is 23.1 Å². The number of fused-ring (bicyclic) bond motifs is 3. The minimum atomic E-state index is -0.465. The van der Waals surface area contributed by atoms with Crippen molar-refractivity contribution in [3.63, 3.8) is 0 Å². The molecule has 1 amide bonds. The van der Waals surface area contributed by atoms with Crippen molar-refractivity contribution in [2.75, 3.05) is 12.3 Å². The smallest absolute Gasteiger partial charge is 0.410 e. The van der Waals surface area contributed by atoms with E-state index >= 15 is 0 Å². The molecule has 0 radical (unpaired) electrons. The van der Waals surface area contributed by atoms with E-state index < -0.39 is 5.60 Å². The molecule has 2 fully saturated rings. The van der Waals surface area contributed by atoms with Crippen molar-refractivity contribution in [1.29, 1.82) is 0 Å². The van der Waals surface area contributed by atoms with Crippen molar-refractivity contribution < 1.29 is 9.53 Å². The number of hydrogen-bond donors (Lipinski definition) is 1. The van der Waals surface area contributed by atoms with E-state index in [-0.39, 0.29) is 18.2 Å². The number of carbonyl (C=O) groups excluding carboxylic acids is 1. The predicted octanol–water partition coefficient (Wildman–Crippen LogP) is 1.98. The molecule has 8 nitrogen and oxygen atoms in total. The largest absolute Gasteiger partial charge is 0.444 e. The molecule has 24 heavy (non-hydrogen) atoms. The zero-order valence-electron chi connectivity index (χ0n) is 14.1. The second-order valence-electron chi connectivity index (χ2n) is 7.67. The zero-order valence-corrected chi connectivity index (χ0v) is 14.1. The number of likely N-dealkylation sites (tertiary alicyclic amines) is 1. The van der Waals surface area contributed by atoms with Gasteiger partial charge >= 0.3 is 6.09 Å². The van der Waals surface area contributed by atoms with E-state index in [0.717, 1.165) is 18.5 Å². The first-order valence-electron chi connectivity index (χ1n) is 8.26. The molecule has 1 aliphatic carbocycles. The number of ether oxygens (including phenoxy) is 1. The Labute approximate surface area is 140 Å².